The summed E-state index contributed by atoms with van der Waals surface area (Å²) in [5, 5.41) is 0.434. The minimum absolute atomic E-state index is 0.136. The monoisotopic (exact) mass is 387 g/mol. The van der Waals surface area contributed by atoms with E-state index in [1.54, 1.807) is 6.07 Å². The lowest BCUT2D eigenvalue weighted by atomic mass is 10.0. The van der Waals surface area contributed by atoms with Crippen LogP contribution in [0.4, 0.5) is 10.8 Å². The number of hydrogen-bond acceptors (Lipinski definition) is 5. The zero-order valence-corrected chi connectivity index (χ0v) is 14.3. The summed E-state index contributed by atoms with van der Waals surface area (Å²) >= 11 is 4.67. The van der Waals surface area contributed by atoms with Crippen molar-refractivity contribution in [1.82, 2.24) is 4.98 Å². The number of anilines is 2. The van der Waals surface area contributed by atoms with Gasteiger partial charge in [0.2, 0.25) is 0 Å². The zero-order chi connectivity index (χ0) is 15.0. The zero-order valence-electron chi connectivity index (χ0n) is 11.1. The van der Waals surface area contributed by atoms with Crippen LogP contribution in [0, 0.1) is 0 Å². The summed E-state index contributed by atoms with van der Waals surface area (Å²) in [4.78, 5) is 5.71. The van der Waals surface area contributed by atoms with Crippen LogP contribution < -0.4 is 10.5 Å². The van der Waals surface area contributed by atoms with Gasteiger partial charge < -0.3 is 5.73 Å². The van der Waals surface area contributed by atoms with Crippen molar-refractivity contribution in [3.8, 4) is 0 Å². The molecule has 0 aliphatic heterocycles. The quantitative estimate of drug-likeness (QED) is 0.791. The summed E-state index contributed by atoms with van der Waals surface area (Å²) in [6, 6.07) is 4.56. The first kappa shape index (κ1) is 14.8. The summed E-state index contributed by atoms with van der Waals surface area (Å²) in [7, 11) is -3.65. The minimum Gasteiger partial charge on any atom is -0.398 e. The van der Waals surface area contributed by atoms with E-state index in [0.717, 1.165) is 31.4 Å². The molecule has 1 heterocycles. The molecule has 0 spiro atoms. The molecule has 0 saturated carbocycles. The Hall–Kier alpha value is -1.12. The lowest BCUT2D eigenvalue weighted by molar-refractivity contribution is 0.601. The molecule has 21 heavy (non-hydrogen) atoms. The van der Waals surface area contributed by atoms with Crippen LogP contribution in [-0.2, 0) is 22.9 Å². The lowest BCUT2D eigenvalue weighted by Crippen LogP contribution is -2.13. The van der Waals surface area contributed by atoms with Crippen molar-refractivity contribution in [3.05, 3.63) is 33.2 Å². The lowest BCUT2D eigenvalue weighted by Gasteiger charge is -2.06. The van der Waals surface area contributed by atoms with Crippen molar-refractivity contribution in [3.63, 3.8) is 0 Å². The number of nitrogens with two attached hydrogens (primary N) is 1. The van der Waals surface area contributed by atoms with Gasteiger partial charge in [-0.1, -0.05) is 0 Å². The molecule has 0 saturated heterocycles. The Labute approximate surface area is 135 Å². The normalized spacial score (nSPS) is 14.7. The molecule has 3 N–H and O–H groups in total. The van der Waals surface area contributed by atoms with Crippen molar-refractivity contribution < 1.29 is 8.42 Å². The highest BCUT2D eigenvalue weighted by Crippen LogP contribution is 2.31. The Kier molecular flexibility index (Phi) is 3.94. The number of hydrogen-bond donors (Lipinski definition) is 2. The van der Waals surface area contributed by atoms with Crippen LogP contribution in [-0.4, -0.2) is 13.4 Å². The number of thiazole rings is 1. The third-order valence-electron chi connectivity index (χ3n) is 3.35. The van der Waals surface area contributed by atoms with Crippen LogP contribution in [0.25, 0.3) is 0 Å². The van der Waals surface area contributed by atoms with Crippen molar-refractivity contribution in [2.24, 2.45) is 0 Å². The molecule has 0 amide bonds. The SMILES string of the molecule is Nc1cc(S(=O)(=O)Nc2nc3c(s2)CCCC3)ccc1Br. The van der Waals surface area contributed by atoms with Crippen LogP contribution in [0.15, 0.2) is 27.6 Å². The first-order valence-corrected chi connectivity index (χ1v) is 9.61. The highest BCUT2D eigenvalue weighted by atomic mass is 79.9. The van der Waals surface area contributed by atoms with Gasteiger partial charge in [-0.25, -0.2) is 13.4 Å². The maximum absolute atomic E-state index is 12.4. The first-order valence-electron chi connectivity index (χ1n) is 6.52. The maximum Gasteiger partial charge on any atom is 0.263 e. The van der Waals surface area contributed by atoms with Crippen molar-refractivity contribution >= 4 is 48.1 Å². The first-order chi connectivity index (χ1) is 9.95. The predicted molar refractivity (Wildman–Crippen MR) is 88.1 cm³/mol. The number of halogens is 1. The van der Waals surface area contributed by atoms with E-state index in [1.165, 1.54) is 28.3 Å². The number of sulfonamides is 1. The van der Waals surface area contributed by atoms with Crippen LogP contribution in [0.2, 0.25) is 0 Å². The van der Waals surface area contributed by atoms with E-state index in [1.807, 2.05) is 0 Å². The number of fused-ring (bicyclic) bond motifs is 1. The largest absolute Gasteiger partial charge is 0.398 e. The van der Waals surface area contributed by atoms with Gasteiger partial charge in [0.05, 0.1) is 10.6 Å². The maximum atomic E-state index is 12.4. The molecular weight excluding hydrogens is 374 g/mol. The van der Waals surface area contributed by atoms with E-state index in [4.69, 9.17) is 5.73 Å². The molecule has 8 heteroatoms. The molecule has 3 rings (SSSR count). The van der Waals surface area contributed by atoms with E-state index in [-0.39, 0.29) is 4.90 Å². The molecule has 0 fully saturated rings. The molecule has 1 aromatic heterocycles. The summed E-state index contributed by atoms with van der Waals surface area (Å²) in [6.45, 7) is 0. The van der Waals surface area contributed by atoms with Crippen molar-refractivity contribution in [2.75, 3.05) is 10.5 Å². The molecule has 1 aliphatic rings. The van der Waals surface area contributed by atoms with Gasteiger partial charge in [-0.3, -0.25) is 4.72 Å². The Morgan fingerprint density at radius 1 is 1.29 bits per heavy atom. The Morgan fingerprint density at radius 2 is 2.05 bits per heavy atom. The number of aromatic nitrogens is 1. The van der Waals surface area contributed by atoms with Gasteiger partial charge in [-0.05, 0) is 59.8 Å². The van der Waals surface area contributed by atoms with Crippen LogP contribution >= 0.6 is 27.3 Å². The van der Waals surface area contributed by atoms with E-state index in [9.17, 15) is 8.42 Å². The second kappa shape index (κ2) is 5.58. The fourth-order valence-corrected chi connectivity index (χ4v) is 4.82. The summed E-state index contributed by atoms with van der Waals surface area (Å²) in [5.74, 6) is 0. The smallest absolute Gasteiger partial charge is 0.263 e. The van der Waals surface area contributed by atoms with E-state index in [0.29, 0.717) is 15.3 Å². The molecule has 0 unspecified atom stereocenters. The molecule has 1 aromatic carbocycles. The van der Waals surface area contributed by atoms with E-state index < -0.39 is 10.0 Å². The molecular formula is C13H14BrN3O2S2. The van der Waals surface area contributed by atoms with Gasteiger partial charge in [0.25, 0.3) is 10.0 Å². The summed E-state index contributed by atoms with van der Waals surface area (Å²) in [6.07, 6.45) is 4.18. The molecule has 1 aliphatic carbocycles. The van der Waals surface area contributed by atoms with Crippen molar-refractivity contribution in [2.45, 2.75) is 30.6 Å². The van der Waals surface area contributed by atoms with Crippen LogP contribution in [0.3, 0.4) is 0 Å². The van der Waals surface area contributed by atoms with Gasteiger partial charge in [-0.2, -0.15) is 0 Å². The number of nitrogens with one attached hydrogen (secondary N) is 1. The Balaban J connectivity index is 1.88. The molecule has 112 valence electrons. The molecule has 0 atom stereocenters. The Morgan fingerprint density at radius 3 is 2.76 bits per heavy atom. The van der Waals surface area contributed by atoms with E-state index in [2.05, 4.69) is 25.6 Å². The summed E-state index contributed by atoms with van der Waals surface area (Å²) < 4.78 is 27.9. The third-order valence-corrected chi connectivity index (χ3v) is 6.61. The van der Waals surface area contributed by atoms with Crippen molar-refractivity contribution in [1.29, 1.82) is 0 Å². The highest BCUT2D eigenvalue weighted by Gasteiger charge is 2.20. The Bertz CT molecular complexity index is 763. The fourth-order valence-electron chi connectivity index (χ4n) is 2.26. The number of rotatable bonds is 3. The predicted octanol–water partition coefficient (Wildman–Crippen LogP) is 3.17. The minimum atomic E-state index is -3.65. The average molecular weight is 388 g/mol. The highest BCUT2D eigenvalue weighted by molar-refractivity contribution is 9.10. The second-order valence-corrected chi connectivity index (χ2v) is 8.51. The number of aryl methyl sites for hydroxylation is 2. The molecule has 0 radical (unpaired) electrons. The van der Waals surface area contributed by atoms with E-state index >= 15 is 0 Å². The van der Waals surface area contributed by atoms with Gasteiger partial charge in [0.15, 0.2) is 5.13 Å². The second-order valence-electron chi connectivity index (χ2n) is 4.88. The topological polar surface area (TPSA) is 85.1 Å². The number of nitrogen functional groups attached to an aromatic ring is 1. The van der Waals surface area contributed by atoms with Gasteiger partial charge in [0, 0.05) is 15.0 Å². The third kappa shape index (κ3) is 3.07. The van der Waals surface area contributed by atoms with Gasteiger partial charge in [0.1, 0.15) is 0 Å². The molecule has 0 bridgehead atoms. The van der Waals surface area contributed by atoms with Gasteiger partial charge >= 0.3 is 0 Å². The van der Waals surface area contributed by atoms with Gasteiger partial charge in [-0.15, -0.1) is 11.3 Å². The van der Waals surface area contributed by atoms with Crippen LogP contribution in [0.1, 0.15) is 23.4 Å². The number of nitrogens with zero attached hydrogens (tertiary/aromatic N) is 1. The fraction of sp³-hybridized carbons (Fsp3) is 0.308. The molecule has 5 nitrogen and oxygen atoms in total. The standard InChI is InChI=1S/C13H14BrN3O2S2/c14-9-6-5-8(7-10(9)15)21(18,19)17-13-16-11-3-1-2-4-12(11)20-13/h5-7H,1-4,15H2,(H,16,17). The molecule has 2 aromatic rings. The summed E-state index contributed by atoms with van der Waals surface area (Å²) in [5.41, 5.74) is 7.15. The average Bonchev–Trinajstić information content (AvgIpc) is 2.82. The number of benzene rings is 1. The van der Waals surface area contributed by atoms with Crippen LogP contribution in [0.5, 0.6) is 0 Å².